The van der Waals surface area contributed by atoms with Gasteiger partial charge in [-0.05, 0) is 31.9 Å². The summed E-state index contributed by atoms with van der Waals surface area (Å²) in [6.45, 7) is 5.40. The molecular formula is C13H20N2O2S2. The van der Waals surface area contributed by atoms with Crippen LogP contribution in [0.1, 0.15) is 31.2 Å². The summed E-state index contributed by atoms with van der Waals surface area (Å²) < 4.78 is 1.20. The number of anilines is 1. The summed E-state index contributed by atoms with van der Waals surface area (Å²) in [5.41, 5.74) is 0.957. The van der Waals surface area contributed by atoms with Gasteiger partial charge in [0.25, 0.3) is 0 Å². The maximum Gasteiger partial charge on any atom is 0.234 e. The lowest BCUT2D eigenvalue weighted by Crippen LogP contribution is -2.24. The highest BCUT2D eigenvalue weighted by Gasteiger charge is 2.20. The van der Waals surface area contributed by atoms with Gasteiger partial charge in [0.2, 0.25) is 5.91 Å². The highest BCUT2D eigenvalue weighted by atomic mass is 32.2. The number of aliphatic hydroxyl groups is 1. The Morgan fingerprint density at radius 2 is 2.32 bits per heavy atom. The maximum absolute atomic E-state index is 11.3. The Bertz CT molecular complexity index is 448. The van der Waals surface area contributed by atoms with Crippen molar-refractivity contribution in [3.05, 3.63) is 10.9 Å². The van der Waals surface area contributed by atoms with Gasteiger partial charge in [0.1, 0.15) is 0 Å². The van der Waals surface area contributed by atoms with Crippen LogP contribution in [0.15, 0.2) is 10.3 Å². The Hall–Kier alpha value is -0.560. The van der Waals surface area contributed by atoms with Gasteiger partial charge >= 0.3 is 0 Å². The molecule has 0 aromatic carbocycles. The van der Waals surface area contributed by atoms with Crippen LogP contribution in [-0.2, 0) is 4.79 Å². The van der Waals surface area contributed by atoms with Crippen molar-refractivity contribution in [1.29, 1.82) is 0 Å². The average molecular weight is 300 g/mol. The zero-order valence-electron chi connectivity index (χ0n) is 11.2. The first-order valence-corrected chi connectivity index (χ1v) is 8.31. The first-order chi connectivity index (χ1) is 9.10. The number of carbonyl (C=O) groups excluding carboxylic acids is 1. The molecule has 0 spiro atoms. The predicted octanol–water partition coefficient (Wildman–Crippen LogP) is 2.46. The molecule has 2 rings (SSSR count). The van der Waals surface area contributed by atoms with Crippen molar-refractivity contribution in [3.63, 3.8) is 0 Å². The lowest BCUT2D eigenvalue weighted by atomic mass is 10.1. The van der Waals surface area contributed by atoms with E-state index in [1.54, 1.807) is 23.1 Å². The second kappa shape index (κ2) is 6.74. The largest absolute Gasteiger partial charge is 0.396 e. The minimum Gasteiger partial charge on any atom is -0.396 e. The van der Waals surface area contributed by atoms with Crippen LogP contribution < -0.4 is 10.6 Å². The molecule has 0 saturated carbocycles. The number of hydrogen-bond acceptors (Lipinski definition) is 5. The van der Waals surface area contributed by atoms with Crippen molar-refractivity contribution in [1.82, 2.24) is 5.32 Å². The zero-order valence-corrected chi connectivity index (χ0v) is 12.9. The third-order valence-electron chi connectivity index (χ3n) is 3.15. The van der Waals surface area contributed by atoms with Gasteiger partial charge in [-0.1, -0.05) is 6.92 Å². The topological polar surface area (TPSA) is 61.4 Å². The lowest BCUT2D eigenvalue weighted by molar-refractivity contribution is -0.113. The van der Waals surface area contributed by atoms with E-state index in [9.17, 15) is 4.79 Å². The van der Waals surface area contributed by atoms with Crippen LogP contribution in [0.25, 0.3) is 0 Å². The molecule has 0 fully saturated rings. The van der Waals surface area contributed by atoms with E-state index in [-0.39, 0.29) is 18.6 Å². The summed E-state index contributed by atoms with van der Waals surface area (Å²) in [7, 11) is 0. The van der Waals surface area contributed by atoms with Crippen LogP contribution in [0, 0.1) is 5.92 Å². The zero-order chi connectivity index (χ0) is 13.8. The third kappa shape index (κ3) is 3.95. The summed E-state index contributed by atoms with van der Waals surface area (Å²) in [5, 5.41) is 15.3. The fourth-order valence-electron chi connectivity index (χ4n) is 1.92. The Kier molecular flexibility index (Phi) is 5.27. The summed E-state index contributed by atoms with van der Waals surface area (Å²) in [5.74, 6) is 1.07. The monoisotopic (exact) mass is 300 g/mol. The Labute approximate surface area is 122 Å². The number of amides is 1. The van der Waals surface area contributed by atoms with Gasteiger partial charge in [0.05, 0.1) is 15.6 Å². The number of nitrogens with one attached hydrogen (secondary N) is 2. The van der Waals surface area contributed by atoms with Gasteiger partial charge < -0.3 is 15.7 Å². The molecule has 1 aromatic rings. The molecule has 0 radical (unpaired) electrons. The standard InChI is InChI=1S/C13H20N2O2S2/c1-8(3-4-16)6-14-9(2)11-5-10-13(19-11)18-7-12(17)15-10/h5,8-9,14,16H,3-4,6-7H2,1-2H3,(H,15,17). The summed E-state index contributed by atoms with van der Waals surface area (Å²) in [6.07, 6.45) is 0.826. The van der Waals surface area contributed by atoms with Crippen molar-refractivity contribution in [2.24, 2.45) is 5.92 Å². The van der Waals surface area contributed by atoms with Gasteiger partial charge in [0, 0.05) is 17.5 Å². The molecule has 19 heavy (non-hydrogen) atoms. The minimum atomic E-state index is 0.0824. The smallest absolute Gasteiger partial charge is 0.234 e. The first-order valence-electron chi connectivity index (χ1n) is 6.50. The fraction of sp³-hybridized carbons (Fsp3) is 0.615. The van der Waals surface area contributed by atoms with Crippen molar-refractivity contribution < 1.29 is 9.90 Å². The predicted molar refractivity (Wildman–Crippen MR) is 81.0 cm³/mol. The number of carbonyl (C=O) groups is 1. The summed E-state index contributed by atoms with van der Waals surface area (Å²) in [6, 6.07) is 2.34. The summed E-state index contributed by atoms with van der Waals surface area (Å²) >= 11 is 3.36. The molecule has 1 aliphatic rings. The van der Waals surface area contributed by atoms with Crippen molar-refractivity contribution in [2.75, 3.05) is 24.2 Å². The van der Waals surface area contributed by atoms with Gasteiger partial charge in [-0.15, -0.1) is 23.1 Å². The van der Waals surface area contributed by atoms with E-state index in [0.717, 1.165) is 18.7 Å². The summed E-state index contributed by atoms with van der Waals surface area (Å²) in [4.78, 5) is 12.6. The molecule has 2 unspecified atom stereocenters. The molecule has 6 heteroatoms. The third-order valence-corrected chi connectivity index (χ3v) is 5.75. The number of hydrogen-bond donors (Lipinski definition) is 3. The molecule has 1 aromatic heterocycles. The Balaban J connectivity index is 1.92. The molecular weight excluding hydrogens is 280 g/mol. The molecule has 2 heterocycles. The van der Waals surface area contributed by atoms with E-state index in [4.69, 9.17) is 5.11 Å². The van der Waals surface area contributed by atoms with E-state index in [1.165, 1.54) is 9.09 Å². The highest BCUT2D eigenvalue weighted by Crippen LogP contribution is 2.40. The molecule has 4 nitrogen and oxygen atoms in total. The average Bonchev–Trinajstić information content (AvgIpc) is 2.79. The number of aliphatic hydroxyl groups excluding tert-OH is 1. The normalized spacial score (nSPS) is 17.7. The molecule has 1 amide bonds. The van der Waals surface area contributed by atoms with Crippen LogP contribution in [0.2, 0.25) is 0 Å². The Morgan fingerprint density at radius 1 is 1.53 bits per heavy atom. The van der Waals surface area contributed by atoms with Crippen LogP contribution >= 0.6 is 23.1 Å². The van der Waals surface area contributed by atoms with Crippen LogP contribution in [0.5, 0.6) is 0 Å². The molecule has 106 valence electrons. The number of rotatable bonds is 6. The SMILES string of the molecule is CC(CCO)CNC(C)c1cc2c(s1)SCC(=O)N2. The van der Waals surface area contributed by atoms with E-state index >= 15 is 0 Å². The van der Waals surface area contributed by atoms with Crippen molar-refractivity contribution >= 4 is 34.7 Å². The van der Waals surface area contributed by atoms with Gasteiger partial charge in [-0.2, -0.15) is 0 Å². The number of thioether (sulfide) groups is 1. The minimum absolute atomic E-state index is 0.0824. The van der Waals surface area contributed by atoms with Crippen LogP contribution in [0.4, 0.5) is 5.69 Å². The lowest BCUT2D eigenvalue weighted by Gasteiger charge is -2.16. The molecule has 1 aliphatic heterocycles. The second-order valence-corrected chi connectivity index (χ2v) is 7.26. The first kappa shape index (κ1) is 14.8. The van der Waals surface area contributed by atoms with Crippen molar-refractivity contribution in [3.8, 4) is 0 Å². The number of fused-ring (bicyclic) bond motifs is 1. The van der Waals surface area contributed by atoms with Crippen LogP contribution in [0.3, 0.4) is 0 Å². The molecule has 0 saturated heterocycles. The molecule has 0 bridgehead atoms. The van der Waals surface area contributed by atoms with E-state index in [1.807, 2.05) is 0 Å². The van der Waals surface area contributed by atoms with E-state index < -0.39 is 0 Å². The quantitative estimate of drug-likeness (QED) is 0.755. The molecule has 0 aliphatic carbocycles. The van der Waals surface area contributed by atoms with E-state index in [2.05, 4.69) is 30.5 Å². The molecule has 3 N–H and O–H groups in total. The van der Waals surface area contributed by atoms with Gasteiger partial charge in [-0.25, -0.2) is 0 Å². The fourth-order valence-corrected chi connectivity index (χ4v) is 4.09. The van der Waals surface area contributed by atoms with E-state index in [0.29, 0.717) is 11.7 Å². The number of thiophene rings is 1. The Morgan fingerprint density at radius 3 is 3.05 bits per heavy atom. The highest BCUT2D eigenvalue weighted by molar-refractivity contribution is 8.02. The van der Waals surface area contributed by atoms with Crippen LogP contribution in [-0.4, -0.2) is 29.9 Å². The van der Waals surface area contributed by atoms with Crippen molar-refractivity contribution in [2.45, 2.75) is 30.5 Å². The second-order valence-electron chi connectivity index (χ2n) is 4.93. The van der Waals surface area contributed by atoms with Gasteiger partial charge in [0.15, 0.2) is 0 Å². The molecule has 2 atom stereocenters. The van der Waals surface area contributed by atoms with Gasteiger partial charge in [-0.3, -0.25) is 4.79 Å². The maximum atomic E-state index is 11.3.